The normalized spacial score (nSPS) is 10.8. The van der Waals surface area contributed by atoms with Crippen LogP contribution >= 0.6 is 0 Å². The van der Waals surface area contributed by atoms with E-state index in [9.17, 15) is 23.2 Å². The maximum Gasteiger partial charge on any atom is 0.352 e. The molecule has 7 nitrogen and oxygen atoms in total. The van der Waals surface area contributed by atoms with E-state index in [1.54, 1.807) is 24.4 Å². The van der Waals surface area contributed by atoms with Gasteiger partial charge in [0, 0.05) is 24.5 Å². The number of carbonyl (C=O) groups excluding carboxylic acids is 1. The molecule has 0 fully saturated rings. The smallest absolute Gasteiger partial charge is 0.352 e. The van der Waals surface area contributed by atoms with Gasteiger partial charge in [0.1, 0.15) is 11.3 Å². The van der Waals surface area contributed by atoms with Crippen molar-refractivity contribution in [1.82, 2.24) is 14.9 Å². The van der Waals surface area contributed by atoms with Crippen LogP contribution in [0.15, 0.2) is 77.9 Å². The van der Waals surface area contributed by atoms with E-state index in [4.69, 9.17) is 5.11 Å². The number of aromatic carboxylic acids is 1. The second-order valence-corrected chi connectivity index (χ2v) is 7.59. The van der Waals surface area contributed by atoms with E-state index in [0.717, 1.165) is 23.3 Å². The number of H-pyrrole nitrogens is 1. The quantitative estimate of drug-likeness (QED) is 0.388. The molecule has 0 saturated heterocycles. The standard InChI is InChI=1S/C25H19F2N3O4/c26-20-7-6-16(10-21(20)27)14-30-8-2-5-19(24(30)32)23(31)29-12-15-3-1-4-17(9-15)18-11-22(25(33)34)28-13-18/h1-11,13,28H,12,14H2,(H,29,31)(H,33,34). The number of hydrogen-bond donors (Lipinski definition) is 3. The predicted octanol–water partition coefficient (Wildman–Crippen LogP) is 3.80. The van der Waals surface area contributed by atoms with Crippen LogP contribution in [-0.2, 0) is 13.1 Å². The molecule has 0 unspecified atom stereocenters. The first kappa shape index (κ1) is 22.7. The molecule has 9 heteroatoms. The molecule has 0 aliphatic rings. The summed E-state index contributed by atoms with van der Waals surface area (Å²) in [5.74, 6) is -3.63. The third-order valence-electron chi connectivity index (χ3n) is 5.23. The molecule has 0 radical (unpaired) electrons. The number of carboxylic acids is 1. The largest absolute Gasteiger partial charge is 0.477 e. The molecule has 0 aliphatic carbocycles. The highest BCUT2D eigenvalue weighted by molar-refractivity contribution is 5.93. The lowest BCUT2D eigenvalue weighted by molar-refractivity contribution is 0.0691. The number of aromatic nitrogens is 2. The van der Waals surface area contributed by atoms with Crippen LogP contribution in [0.3, 0.4) is 0 Å². The highest BCUT2D eigenvalue weighted by atomic mass is 19.2. The average molecular weight is 463 g/mol. The molecule has 2 aromatic heterocycles. The van der Waals surface area contributed by atoms with Gasteiger partial charge < -0.3 is 20.0 Å². The first-order valence-corrected chi connectivity index (χ1v) is 10.2. The summed E-state index contributed by atoms with van der Waals surface area (Å²) in [5, 5.41) is 11.8. The fraction of sp³-hybridized carbons (Fsp3) is 0.0800. The second-order valence-electron chi connectivity index (χ2n) is 7.59. The van der Waals surface area contributed by atoms with Crippen LogP contribution in [0, 0.1) is 11.6 Å². The molecule has 34 heavy (non-hydrogen) atoms. The van der Waals surface area contributed by atoms with E-state index in [0.29, 0.717) is 11.1 Å². The van der Waals surface area contributed by atoms with Gasteiger partial charge in [-0.15, -0.1) is 0 Å². The van der Waals surface area contributed by atoms with Crippen molar-refractivity contribution in [2.24, 2.45) is 0 Å². The lowest BCUT2D eigenvalue weighted by atomic mass is 10.1. The summed E-state index contributed by atoms with van der Waals surface area (Å²) in [6.45, 7) is 0.120. The molecule has 172 valence electrons. The van der Waals surface area contributed by atoms with Crippen molar-refractivity contribution in [3.8, 4) is 11.1 Å². The molecule has 0 spiro atoms. The molecule has 3 N–H and O–H groups in total. The number of aromatic amines is 1. The number of amides is 1. The molecule has 1 amide bonds. The van der Waals surface area contributed by atoms with Gasteiger partial charge in [-0.3, -0.25) is 9.59 Å². The van der Waals surface area contributed by atoms with Gasteiger partial charge in [-0.05, 0) is 53.1 Å². The van der Waals surface area contributed by atoms with E-state index in [2.05, 4.69) is 10.3 Å². The van der Waals surface area contributed by atoms with Crippen LogP contribution in [0.4, 0.5) is 8.78 Å². The molecule has 0 saturated carbocycles. The lowest BCUT2D eigenvalue weighted by Crippen LogP contribution is -2.32. The van der Waals surface area contributed by atoms with Crippen LogP contribution in [0.25, 0.3) is 11.1 Å². The number of nitrogens with zero attached hydrogens (tertiary/aromatic N) is 1. The summed E-state index contributed by atoms with van der Waals surface area (Å²) in [7, 11) is 0. The minimum absolute atomic E-state index is 0.0196. The maximum absolute atomic E-state index is 13.5. The van der Waals surface area contributed by atoms with Gasteiger partial charge in [-0.25, -0.2) is 13.6 Å². The Balaban J connectivity index is 1.47. The Morgan fingerprint density at radius 3 is 2.50 bits per heavy atom. The zero-order valence-corrected chi connectivity index (χ0v) is 17.7. The van der Waals surface area contributed by atoms with Crippen LogP contribution in [0.2, 0.25) is 0 Å². The first-order valence-electron chi connectivity index (χ1n) is 10.2. The SMILES string of the molecule is O=C(O)c1cc(-c2cccc(CNC(=O)c3cccn(Cc4ccc(F)c(F)c4)c3=O)c2)c[nH]1. The third kappa shape index (κ3) is 4.93. The highest BCUT2D eigenvalue weighted by Crippen LogP contribution is 2.21. The van der Waals surface area contributed by atoms with Gasteiger partial charge in [0.2, 0.25) is 0 Å². The lowest BCUT2D eigenvalue weighted by Gasteiger charge is -2.10. The zero-order chi connectivity index (χ0) is 24.2. The molecule has 2 aromatic carbocycles. The Kier molecular flexibility index (Phi) is 6.35. The van der Waals surface area contributed by atoms with Crippen molar-refractivity contribution >= 4 is 11.9 Å². The van der Waals surface area contributed by atoms with Crippen molar-refractivity contribution in [3.05, 3.63) is 117 Å². The molecule has 4 rings (SSSR count). The number of carboxylic acid groups (broad SMARTS) is 1. The van der Waals surface area contributed by atoms with Crippen LogP contribution in [0.5, 0.6) is 0 Å². The summed E-state index contributed by atoms with van der Waals surface area (Å²) >= 11 is 0. The minimum atomic E-state index is -1.06. The van der Waals surface area contributed by atoms with E-state index < -0.39 is 29.1 Å². The van der Waals surface area contributed by atoms with E-state index in [-0.39, 0.29) is 24.3 Å². The van der Waals surface area contributed by atoms with Gasteiger partial charge >= 0.3 is 5.97 Å². The summed E-state index contributed by atoms with van der Waals surface area (Å²) < 4.78 is 27.9. The molecule has 2 heterocycles. The van der Waals surface area contributed by atoms with Gasteiger partial charge in [-0.2, -0.15) is 0 Å². The van der Waals surface area contributed by atoms with Crippen molar-refractivity contribution in [1.29, 1.82) is 0 Å². The summed E-state index contributed by atoms with van der Waals surface area (Å²) in [6.07, 6.45) is 3.05. The summed E-state index contributed by atoms with van der Waals surface area (Å²) in [5.41, 5.74) is 2.01. The number of benzene rings is 2. The van der Waals surface area contributed by atoms with Gasteiger partial charge in [0.05, 0.1) is 6.54 Å². The Morgan fingerprint density at radius 1 is 0.941 bits per heavy atom. The monoisotopic (exact) mass is 463 g/mol. The topological polar surface area (TPSA) is 104 Å². The molecular formula is C25H19F2N3O4. The molecule has 0 atom stereocenters. The first-order chi connectivity index (χ1) is 16.3. The Morgan fingerprint density at radius 2 is 1.76 bits per heavy atom. The van der Waals surface area contributed by atoms with Crippen molar-refractivity contribution < 1.29 is 23.5 Å². The Labute approximate surface area is 192 Å². The number of pyridine rings is 1. The predicted molar refractivity (Wildman–Crippen MR) is 121 cm³/mol. The summed E-state index contributed by atoms with van der Waals surface area (Å²) in [6, 6.07) is 15.0. The minimum Gasteiger partial charge on any atom is -0.477 e. The second kappa shape index (κ2) is 9.53. The molecule has 0 bridgehead atoms. The van der Waals surface area contributed by atoms with Crippen molar-refractivity contribution in [2.45, 2.75) is 13.1 Å². The van der Waals surface area contributed by atoms with Gasteiger partial charge in [0.25, 0.3) is 11.5 Å². The molecule has 0 aliphatic heterocycles. The number of halogens is 2. The number of hydrogen-bond acceptors (Lipinski definition) is 3. The average Bonchev–Trinajstić information content (AvgIpc) is 3.32. The third-order valence-corrected chi connectivity index (χ3v) is 5.23. The van der Waals surface area contributed by atoms with Crippen molar-refractivity contribution in [2.75, 3.05) is 0 Å². The van der Waals surface area contributed by atoms with Crippen LogP contribution in [0.1, 0.15) is 32.0 Å². The fourth-order valence-corrected chi connectivity index (χ4v) is 3.49. The number of nitrogens with one attached hydrogen (secondary N) is 2. The van der Waals surface area contributed by atoms with E-state index >= 15 is 0 Å². The fourth-order valence-electron chi connectivity index (χ4n) is 3.49. The van der Waals surface area contributed by atoms with Crippen LogP contribution < -0.4 is 10.9 Å². The number of rotatable bonds is 7. The highest BCUT2D eigenvalue weighted by Gasteiger charge is 2.13. The maximum atomic E-state index is 13.5. The van der Waals surface area contributed by atoms with E-state index in [1.807, 2.05) is 6.07 Å². The Bertz CT molecular complexity index is 1440. The van der Waals surface area contributed by atoms with Gasteiger partial charge in [0.15, 0.2) is 11.6 Å². The summed E-state index contributed by atoms with van der Waals surface area (Å²) in [4.78, 5) is 39.2. The van der Waals surface area contributed by atoms with Crippen LogP contribution in [-0.4, -0.2) is 26.5 Å². The zero-order valence-electron chi connectivity index (χ0n) is 17.7. The van der Waals surface area contributed by atoms with E-state index in [1.165, 1.54) is 35.0 Å². The van der Waals surface area contributed by atoms with Crippen molar-refractivity contribution in [3.63, 3.8) is 0 Å². The number of carbonyl (C=O) groups is 2. The molecule has 4 aromatic rings. The Hall–Kier alpha value is -4.53. The van der Waals surface area contributed by atoms with Gasteiger partial charge in [-0.1, -0.05) is 24.3 Å². The molecular weight excluding hydrogens is 444 g/mol.